The van der Waals surface area contributed by atoms with Crippen molar-refractivity contribution in [3.8, 4) is 28.6 Å². The zero-order valence-corrected chi connectivity index (χ0v) is 50.8. The van der Waals surface area contributed by atoms with Crippen LogP contribution in [0.3, 0.4) is 0 Å². The predicted octanol–water partition coefficient (Wildman–Crippen LogP) is 16.2. The van der Waals surface area contributed by atoms with Crippen molar-refractivity contribution in [1.29, 1.82) is 5.26 Å². The van der Waals surface area contributed by atoms with Crippen molar-refractivity contribution in [2.45, 2.75) is 178 Å². The van der Waals surface area contributed by atoms with Crippen LogP contribution in [0.2, 0.25) is 0 Å². The Morgan fingerprint density at radius 3 is 2.08 bits per heavy atom. The Kier molecular flexibility index (Phi) is 17.7. The molecule has 0 atom stereocenters. The van der Waals surface area contributed by atoms with Gasteiger partial charge in [-0.1, -0.05) is 132 Å². The molecule has 2 saturated carbocycles. The van der Waals surface area contributed by atoms with E-state index in [-0.39, 0.29) is 22.8 Å². The first-order chi connectivity index (χ1) is 38.4. The Hall–Kier alpha value is -6.47. The SMILES string of the molecule is C=C(C)N1CCc2c(c(-c3cccc4cc(-c5ccc(N6CCC7(CCN(c8ccc(C(=O)NC9C(C)(C)C(Cc%10ccc(C#N)c(C(C)C)c%10)C9(C)C)cc8)CC7)CC6)nc5)ncc34)nn2C2CCCCC2)C1.CC.CC(C)C. The molecule has 10 nitrogen and oxygen atoms in total. The number of rotatable bonds is 11. The molecule has 0 radical (unpaired) electrons. The summed E-state index contributed by atoms with van der Waals surface area (Å²) in [5.41, 5.74) is 13.4. The smallest absolute Gasteiger partial charge is 0.251 e. The third-order valence-corrected chi connectivity index (χ3v) is 18.9. The van der Waals surface area contributed by atoms with Crippen LogP contribution in [-0.2, 0) is 19.4 Å². The molecule has 10 heteroatoms. The summed E-state index contributed by atoms with van der Waals surface area (Å²) < 4.78 is 2.42. The van der Waals surface area contributed by atoms with Crippen LogP contribution in [0.25, 0.3) is 33.3 Å². The minimum Gasteiger partial charge on any atom is -0.371 e. The number of pyridine rings is 2. The van der Waals surface area contributed by atoms with Crippen LogP contribution in [0.1, 0.15) is 191 Å². The van der Waals surface area contributed by atoms with Gasteiger partial charge in [-0.25, -0.2) is 4.98 Å². The number of nitrogens with one attached hydrogen (secondary N) is 1. The molecule has 5 aliphatic rings. The van der Waals surface area contributed by atoms with Crippen molar-refractivity contribution >= 4 is 28.2 Å². The molecule has 2 aliphatic carbocycles. The highest BCUT2D eigenvalue weighted by molar-refractivity contribution is 5.97. The van der Waals surface area contributed by atoms with E-state index in [2.05, 4.69) is 173 Å². The largest absolute Gasteiger partial charge is 0.371 e. The fourth-order valence-corrected chi connectivity index (χ4v) is 14.5. The monoisotopic (exact) mass is 1080 g/mol. The van der Waals surface area contributed by atoms with E-state index in [9.17, 15) is 10.1 Å². The molecule has 0 unspecified atom stereocenters. The van der Waals surface area contributed by atoms with Gasteiger partial charge in [0.15, 0.2) is 0 Å². The molecule has 3 aromatic carbocycles. The predicted molar refractivity (Wildman–Crippen MR) is 332 cm³/mol. The second kappa shape index (κ2) is 24.3. The highest BCUT2D eigenvalue weighted by Crippen LogP contribution is 2.60. The summed E-state index contributed by atoms with van der Waals surface area (Å²) in [7, 11) is 0. The van der Waals surface area contributed by atoms with E-state index >= 15 is 0 Å². The van der Waals surface area contributed by atoms with Gasteiger partial charge in [-0.3, -0.25) is 14.5 Å². The van der Waals surface area contributed by atoms with Crippen LogP contribution in [0.5, 0.6) is 0 Å². The lowest BCUT2D eigenvalue weighted by Gasteiger charge is -2.64. The van der Waals surface area contributed by atoms with Crippen molar-refractivity contribution in [2.24, 2.45) is 28.1 Å². The number of nitriles is 1. The van der Waals surface area contributed by atoms with Crippen molar-refractivity contribution in [3.05, 3.63) is 137 Å². The molecule has 1 spiro atoms. The van der Waals surface area contributed by atoms with Gasteiger partial charge in [-0.05, 0) is 151 Å². The summed E-state index contributed by atoms with van der Waals surface area (Å²) in [4.78, 5) is 31.3. The topological polar surface area (TPSA) is 106 Å². The first-order valence-electron chi connectivity index (χ1n) is 30.7. The van der Waals surface area contributed by atoms with E-state index in [4.69, 9.17) is 15.1 Å². The number of amides is 1. The van der Waals surface area contributed by atoms with E-state index < -0.39 is 0 Å². The van der Waals surface area contributed by atoms with Gasteiger partial charge in [0.1, 0.15) is 5.82 Å². The number of carbonyl (C=O) groups excluding carboxylic acids is 1. The minimum atomic E-state index is -0.0789. The normalized spacial score (nSPS) is 20.2. The number of aromatic nitrogens is 4. The van der Waals surface area contributed by atoms with Gasteiger partial charge in [0.25, 0.3) is 5.91 Å². The zero-order valence-electron chi connectivity index (χ0n) is 50.8. The van der Waals surface area contributed by atoms with Gasteiger partial charge in [0, 0.05) is 109 Å². The van der Waals surface area contributed by atoms with Crippen LogP contribution < -0.4 is 15.1 Å². The summed E-state index contributed by atoms with van der Waals surface area (Å²) in [5, 5.41) is 20.9. The van der Waals surface area contributed by atoms with Gasteiger partial charge in [0.05, 0.1) is 29.1 Å². The summed E-state index contributed by atoms with van der Waals surface area (Å²) >= 11 is 0. The molecule has 80 heavy (non-hydrogen) atoms. The van der Waals surface area contributed by atoms with Gasteiger partial charge in [-0.15, -0.1) is 0 Å². The van der Waals surface area contributed by atoms with Gasteiger partial charge >= 0.3 is 0 Å². The zero-order chi connectivity index (χ0) is 57.1. The molecule has 1 N–H and O–H groups in total. The first kappa shape index (κ1) is 58.2. The van der Waals surface area contributed by atoms with Crippen molar-refractivity contribution in [3.63, 3.8) is 0 Å². The number of hydrogen-bond donors (Lipinski definition) is 1. The Bertz CT molecular complexity index is 3130. The minimum absolute atomic E-state index is 0.00224. The molecular weight excluding hydrogens is 983 g/mol. The van der Waals surface area contributed by atoms with Crippen LogP contribution >= 0.6 is 0 Å². The summed E-state index contributed by atoms with van der Waals surface area (Å²) in [6.45, 7) is 36.3. The quantitative estimate of drug-likeness (QED) is 0.137. The maximum atomic E-state index is 13.8. The molecule has 424 valence electrons. The number of benzene rings is 3. The average Bonchev–Trinajstić information content (AvgIpc) is 3.44. The lowest BCUT2D eigenvalue weighted by Crippen LogP contribution is -2.70. The lowest BCUT2D eigenvalue weighted by molar-refractivity contribution is -0.121. The Balaban J connectivity index is 0.00000124. The van der Waals surface area contributed by atoms with E-state index in [0.717, 1.165) is 103 Å². The number of hydrogen-bond acceptors (Lipinski definition) is 8. The van der Waals surface area contributed by atoms with Crippen LogP contribution in [-0.4, -0.2) is 69.3 Å². The summed E-state index contributed by atoms with van der Waals surface area (Å²) in [6.07, 6.45) is 17.0. The third-order valence-electron chi connectivity index (χ3n) is 18.9. The van der Waals surface area contributed by atoms with Crippen molar-refractivity contribution in [1.82, 2.24) is 30.0 Å². The summed E-state index contributed by atoms with van der Waals surface area (Å²) in [5.74, 6) is 2.56. The van der Waals surface area contributed by atoms with E-state index in [1.807, 2.05) is 38.2 Å². The number of nitrogens with zero attached hydrogens (tertiary/aromatic N) is 8. The second-order valence-corrected chi connectivity index (χ2v) is 26.2. The molecule has 0 bridgehead atoms. The molecule has 6 heterocycles. The fourth-order valence-electron chi connectivity index (χ4n) is 14.5. The Morgan fingerprint density at radius 2 is 1.46 bits per heavy atom. The molecule has 2 saturated heterocycles. The maximum absolute atomic E-state index is 13.8. The first-order valence-corrected chi connectivity index (χ1v) is 30.7. The van der Waals surface area contributed by atoms with Crippen LogP contribution in [0, 0.1) is 39.4 Å². The number of allylic oxidation sites excluding steroid dienone is 1. The number of fused-ring (bicyclic) bond motifs is 2. The fraction of sp³-hybridized carbons (Fsp3) is 0.529. The lowest BCUT2D eigenvalue weighted by atomic mass is 9.43. The summed E-state index contributed by atoms with van der Waals surface area (Å²) in [6, 6.07) is 30.7. The van der Waals surface area contributed by atoms with E-state index in [1.165, 1.54) is 91.2 Å². The van der Waals surface area contributed by atoms with E-state index in [0.29, 0.717) is 28.9 Å². The molecule has 3 aliphatic heterocycles. The molecule has 4 fully saturated rings. The number of piperidine rings is 2. The van der Waals surface area contributed by atoms with Crippen LogP contribution in [0.4, 0.5) is 11.5 Å². The molecule has 6 aromatic rings. The molecule has 11 rings (SSSR count). The van der Waals surface area contributed by atoms with Crippen molar-refractivity contribution in [2.75, 3.05) is 42.5 Å². The van der Waals surface area contributed by atoms with Gasteiger partial charge < -0.3 is 20.0 Å². The number of anilines is 2. The second-order valence-electron chi connectivity index (χ2n) is 26.2. The van der Waals surface area contributed by atoms with Gasteiger partial charge in [-0.2, -0.15) is 10.4 Å². The maximum Gasteiger partial charge on any atom is 0.251 e. The number of carbonyl (C=O) groups is 1. The highest BCUT2D eigenvalue weighted by atomic mass is 16.1. The molecule has 3 aromatic heterocycles. The standard InChI is InChI=1S/C64H77N9O.C4H10.C2H6/c1-42(2)52-35-44(17-18-47(52)38-65)36-57-62(5,6)61(63(57,7)8)68-60(74)45-19-22-49(23-20-45)70-31-26-64(27-32-70)28-33-71(34-29-64)58-24-21-48(39-67-58)55-37-46-13-12-16-51(53(46)40-66-55)59-54-41-72(43(3)4)30-25-56(54)73(69-59)50-14-10-9-11-15-50;1-4(2)3;1-2/h12-13,16-24,35,37,39-40,42,50,57,61H,3,9-11,14-15,25-34,36,41H2,1-2,4-8H3,(H,68,74);4H,1-3H3;1-2H3. The molecule has 1 amide bonds. The average molecular weight is 1080 g/mol. The highest BCUT2D eigenvalue weighted by Gasteiger charge is 2.61. The third kappa shape index (κ3) is 12.0. The molecular formula is C70H93N9O. The van der Waals surface area contributed by atoms with Crippen molar-refractivity contribution < 1.29 is 4.79 Å². The van der Waals surface area contributed by atoms with E-state index in [1.54, 1.807) is 0 Å². The van der Waals surface area contributed by atoms with Crippen LogP contribution in [0.15, 0.2) is 104 Å². The Morgan fingerprint density at radius 1 is 0.800 bits per heavy atom. The Labute approximate surface area is 480 Å². The van der Waals surface area contributed by atoms with Gasteiger partial charge in [0.2, 0.25) is 0 Å².